The Hall–Kier alpha value is -0.940. The minimum absolute atomic E-state index is 0.178. The van der Waals surface area contributed by atoms with Crippen molar-refractivity contribution in [2.45, 2.75) is 51.4 Å². The molecule has 4 unspecified atom stereocenters. The van der Waals surface area contributed by atoms with Gasteiger partial charge in [0.2, 0.25) is 0 Å². The molecule has 0 aromatic heterocycles. The number of aliphatic hydroxyl groups is 2. The molecule has 2 heterocycles. The first kappa shape index (κ1) is 16.9. The molecule has 0 bridgehead atoms. The zero-order chi connectivity index (χ0) is 16.4. The van der Waals surface area contributed by atoms with Gasteiger partial charge in [0.05, 0.1) is 18.8 Å². The number of benzene rings is 1. The average molecular weight is 319 g/mol. The third-order valence-electron chi connectivity index (χ3n) is 5.31. The van der Waals surface area contributed by atoms with Crippen LogP contribution in [0.5, 0.6) is 0 Å². The number of nitrogens with zero attached hydrogens (tertiary/aromatic N) is 1. The molecule has 3 rings (SSSR count). The lowest BCUT2D eigenvalue weighted by atomic mass is 9.89. The summed E-state index contributed by atoms with van der Waals surface area (Å²) in [5.41, 5.74) is 3.37. The van der Waals surface area contributed by atoms with Crippen molar-refractivity contribution in [3.05, 3.63) is 34.9 Å². The van der Waals surface area contributed by atoms with Crippen molar-refractivity contribution in [3.63, 3.8) is 0 Å². The lowest BCUT2D eigenvalue weighted by Gasteiger charge is -2.37. The first-order valence-corrected chi connectivity index (χ1v) is 8.80. The Morgan fingerprint density at radius 2 is 1.96 bits per heavy atom. The molecule has 2 N–H and O–H groups in total. The number of ether oxygens (including phenoxy) is 1. The van der Waals surface area contributed by atoms with Gasteiger partial charge in [0.15, 0.2) is 0 Å². The SMILES string of the molecule is Cc1cc(C)cc(C(O)CN2CCCC2C2COCCC2O)c1. The Bertz CT molecular complexity index is 513. The molecular formula is C19H29NO3. The summed E-state index contributed by atoms with van der Waals surface area (Å²) in [4.78, 5) is 2.35. The van der Waals surface area contributed by atoms with Crippen molar-refractivity contribution in [1.82, 2.24) is 4.90 Å². The van der Waals surface area contributed by atoms with Crippen LogP contribution in [0, 0.1) is 19.8 Å². The third-order valence-corrected chi connectivity index (χ3v) is 5.31. The van der Waals surface area contributed by atoms with Gasteiger partial charge >= 0.3 is 0 Å². The zero-order valence-corrected chi connectivity index (χ0v) is 14.2. The van der Waals surface area contributed by atoms with Crippen molar-refractivity contribution in [2.24, 2.45) is 5.92 Å². The third kappa shape index (κ3) is 3.94. The van der Waals surface area contributed by atoms with Crippen molar-refractivity contribution >= 4 is 0 Å². The van der Waals surface area contributed by atoms with Crippen LogP contribution in [0.2, 0.25) is 0 Å². The van der Waals surface area contributed by atoms with E-state index < -0.39 is 6.10 Å². The van der Waals surface area contributed by atoms with Crippen molar-refractivity contribution in [2.75, 3.05) is 26.3 Å². The molecular weight excluding hydrogens is 290 g/mol. The van der Waals surface area contributed by atoms with E-state index in [2.05, 4.69) is 36.9 Å². The van der Waals surface area contributed by atoms with Gasteiger partial charge in [-0.2, -0.15) is 0 Å². The normalized spacial score (nSPS) is 30.5. The Balaban J connectivity index is 1.68. The largest absolute Gasteiger partial charge is 0.393 e. The summed E-state index contributed by atoms with van der Waals surface area (Å²) < 4.78 is 5.59. The molecule has 0 aliphatic carbocycles. The van der Waals surface area contributed by atoms with Gasteiger partial charge in [-0.25, -0.2) is 0 Å². The highest BCUT2D eigenvalue weighted by molar-refractivity contribution is 5.30. The standard InChI is InChI=1S/C19H29NO3/c1-13-8-14(2)10-15(9-13)19(22)11-20-6-3-4-17(20)16-12-23-7-5-18(16)21/h8-10,16-19,21-22H,3-7,11-12H2,1-2H3. The van der Waals surface area contributed by atoms with E-state index in [1.165, 1.54) is 11.1 Å². The van der Waals surface area contributed by atoms with E-state index in [9.17, 15) is 10.2 Å². The molecule has 2 aliphatic rings. The minimum Gasteiger partial charge on any atom is -0.393 e. The maximum atomic E-state index is 10.7. The van der Waals surface area contributed by atoms with Crippen molar-refractivity contribution in [3.8, 4) is 0 Å². The van der Waals surface area contributed by atoms with Crippen LogP contribution >= 0.6 is 0 Å². The van der Waals surface area contributed by atoms with Crippen molar-refractivity contribution in [1.29, 1.82) is 0 Å². The second-order valence-electron chi connectivity index (χ2n) is 7.24. The lowest BCUT2D eigenvalue weighted by Crippen LogP contribution is -2.47. The molecule has 0 spiro atoms. The lowest BCUT2D eigenvalue weighted by molar-refractivity contribution is -0.0664. The molecule has 2 aliphatic heterocycles. The number of likely N-dealkylation sites (tertiary alicyclic amines) is 1. The molecule has 2 fully saturated rings. The summed E-state index contributed by atoms with van der Waals surface area (Å²) in [6, 6.07) is 6.60. The van der Waals surface area contributed by atoms with Gasteiger partial charge in [-0.05, 0) is 45.2 Å². The molecule has 0 radical (unpaired) electrons. The predicted molar refractivity (Wildman–Crippen MR) is 90.4 cm³/mol. The summed E-state index contributed by atoms with van der Waals surface area (Å²) in [5, 5.41) is 21.0. The first-order chi connectivity index (χ1) is 11.0. The van der Waals surface area contributed by atoms with Crippen molar-refractivity contribution < 1.29 is 14.9 Å². The maximum Gasteiger partial charge on any atom is 0.0917 e. The summed E-state index contributed by atoms with van der Waals surface area (Å²) in [6.45, 7) is 7.07. The van der Waals surface area contributed by atoms with Gasteiger partial charge in [0.1, 0.15) is 0 Å². The van der Waals surface area contributed by atoms with Crippen LogP contribution in [-0.4, -0.2) is 53.6 Å². The highest BCUT2D eigenvalue weighted by atomic mass is 16.5. The smallest absolute Gasteiger partial charge is 0.0917 e. The molecule has 4 atom stereocenters. The average Bonchev–Trinajstić information content (AvgIpc) is 2.94. The quantitative estimate of drug-likeness (QED) is 0.893. The molecule has 1 aromatic rings. The summed E-state index contributed by atoms with van der Waals surface area (Å²) >= 11 is 0. The van der Waals surface area contributed by atoms with E-state index in [0.29, 0.717) is 25.8 Å². The van der Waals surface area contributed by atoms with Crippen LogP contribution in [-0.2, 0) is 4.74 Å². The second-order valence-corrected chi connectivity index (χ2v) is 7.24. The van der Waals surface area contributed by atoms with Crippen LogP contribution in [0.3, 0.4) is 0 Å². The van der Waals surface area contributed by atoms with Gasteiger partial charge in [0, 0.05) is 25.1 Å². The summed E-state index contributed by atoms with van der Waals surface area (Å²) in [5.74, 6) is 0.178. The van der Waals surface area contributed by atoms with Gasteiger partial charge in [-0.15, -0.1) is 0 Å². The molecule has 128 valence electrons. The Labute approximate surface area is 139 Å². The van der Waals surface area contributed by atoms with E-state index in [1.54, 1.807) is 0 Å². The molecule has 4 nitrogen and oxygen atoms in total. The fourth-order valence-electron chi connectivity index (χ4n) is 4.21. The molecule has 1 aromatic carbocycles. The van der Waals surface area contributed by atoms with E-state index in [-0.39, 0.29) is 12.0 Å². The van der Waals surface area contributed by atoms with E-state index in [1.807, 2.05) is 0 Å². The Morgan fingerprint density at radius 1 is 1.22 bits per heavy atom. The van der Waals surface area contributed by atoms with Crippen LogP contribution < -0.4 is 0 Å². The highest BCUT2D eigenvalue weighted by Gasteiger charge is 2.38. The first-order valence-electron chi connectivity index (χ1n) is 8.80. The Kier molecular flexibility index (Phi) is 5.37. The number of rotatable bonds is 4. The Morgan fingerprint density at radius 3 is 2.65 bits per heavy atom. The van der Waals surface area contributed by atoms with E-state index in [0.717, 1.165) is 31.4 Å². The maximum absolute atomic E-state index is 10.7. The second kappa shape index (κ2) is 7.31. The van der Waals surface area contributed by atoms with Gasteiger partial charge in [-0.3, -0.25) is 4.90 Å². The van der Waals surface area contributed by atoms with E-state index in [4.69, 9.17) is 4.74 Å². The minimum atomic E-state index is -0.476. The number of aliphatic hydroxyl groups excluding tert-OH is 2. The zero-order valence-electron chi connectivity index (χ0n) is 14.2. The van der Waals surface area contributed by atoms with Crippen LogP contribution in [0.4, 0.5) is 0 Å². The fraction of sp³-hybridized carbons (Fsp3) is 0.684. The predicted octanol–water partition coefficient (Wildman–Crippen LogP) is 2.20. The number of β-amino-alcohol motifs (C(OH)–C–C–N with tert-alkyl or cyclic N) is 1. The molecule has 4 heteroatoms. The monoisotopic (exact) mass is 319 g/mol. The topological polar surface area (TPSA) is 52.9 Å². The summed E-state index contributed by atoms with van der Waals surface area (Å²) in [6.07, 6.45) is 2.20. The molecule has 2 saturated heterocycles. The fourth-order valence-corrected chi connectivity index (χ4v) is 4.21. The molecule has 0 saturated carbocycles. The number of aryl methyl sites for hydroxylation is 2. The number of hydrogen-bond acceptors (Lipinski definition) is 4. The molecule has 0 amide bonds. The summed E-state index contributed by atoms with van der Waals surface area (Å²) in [7, 11) is 0. The van der Waals surface area contributed by atoms with Gasteiger partial charge in [0.25, 0.3) is 0 Å². The number of hydrogen-bond donors (Lipinski definition) is 2. The van der Waals surface area contributed by atoms with Gasteiger partial charge in [-0.1, -0.05) is 29.3 Å². The van der Waals surface area contributed by atoms with Gasteiger partial charge < -0.3 is 14.9 Å². The van der Waals surface area contributed by atoms with Crippen LogP contribution in [0.25, 0.3) is 0 Å². The molecule has 23 heavy (non-hydrogen) atoms. The van der Waals surface area contributed by atoms with Crippen LogP contribution in [0.15, 0.2) is 18.2 Å². The highest BCUT2D eigenvalue weighted by Crippen LogP contribution is 2.31. The van der Waals surface area contributed by atoms with E-state index >= 15 is 0 Å². The van der Waals surface area contributed by atoms with Crippen LogP contribution in [0.1, 0.15) is 42.1 Å².